The van der Waals surface area contributed by atoms with Crippen LogP contribution in [0.2, 0.25) is 0 Å². The van der Waals surface area contributed by atoms with Crippen molar-refractivity contribution in [3.63, 3.8) is 0 Å². The van der Waals surface area contributed by atoms with Crippen LogP contribution in [0.4, 0.5) is 0 Å². The normalized spacial score (nSPS) is 8.20. The maximum atomic E-state index is 9.89. The van der Waals surface area contributed by atoms with E-state index in [1.165, 1.54) is 7.05 Å². The quantitative estimate of drug-likeness (QED) is 0.641. The Hall–Kier alpha value is -0.0900. The lowest BCUT2D eigenvalue weighted by Gasteiger charge is -1.85. The van der Waals surface area contributed by atoms with E-state index in [-0.39, 0.29) is 0 Å². The lowest BCUT2D eigenvalue weighted by atomic mass is 11.0. The van der Waals surface area contributed by atoms with E-state index >= 15 is 0 Å². The molecule has 0 spiro atoms. The molecule has 0 aromatic carbocycles. The van der Waals surface area contributed by atoms with Crippen molar-refractivity contribution in [1.29, 1.82) is 0 Å². The zero-order valence-electron chi connectivity index (χ0n) is 7.72. The monoisotopic (exact) mass is 169 g/mol. The summed E-state index contributed by atoms with van der Waals surface area (Å²) >= 11 is 0. The van der Waals surface area contributed by atoms with E-state index in [0.29, 0.717) is 0 Å². The van der Waals surface area contributed by atoms with Gasteiger partial charge in [-0.15, -0.1) is 0 Å². The standard InChI is InChI=1S/C2H7NO2S.2C2H6/c1-3-6(2,4)5;2*1-2/h3H,1-2H3;2*1-2H3. The first-order chi connectivity index (χ1) is 4.56. The van der Waals surface area contributed by atoms with Crippen LogP contribution >= 0.6 is 0 Å². The predicted octanol–water partition coefficient (Wildman–Crippen LogP) is 1.22. The van der Waals surface area contributed by atoms with Gasteiger partial charge < -0.3 is 0 Å². The molecule has 10 heavy (non-hydrogen) atoms. The summed E-state index contributed by atoms with van der Waals surface area (Å²) in [5.74, 6) is 0. The van der Waals surface area contributed by atoms with Crippen molar-refractivity contribution in [1.82, 2.24) is 4.72 Å². The molecule has 0 radical (unpaired) electrons. The zero-order chi connectivity index (χ0) is 9.21. The smallest absolute Gasteiger partial charge is 0.208 e. The maximum absolute atomic E-state index is 9.89. The minimum absolute atomic E-state index is 1.10. The molecule has 4 heteroatoms. The van der Waals surface area contributed by atoms with E-state index in [9.17, 15) is 8.42 Å². The molecule has 0 rings (SSSR count). The highest BCUT2D eigenvalue weighted by atomic mass is 32.2. The van der Waals surface area contributed by atoms with Gasteiger partial charge in [-0.1, -0.05) is 27.7 Å². The molecule has 1 N–H and O–H groups in total. The van der Waals surface area contributed by atoms with Gasteiger partial charge in [-0.05, 0) is 7.05 Å². The number of hydrogen-bond donors (Lipinski definition) is 1. The van der Waals surface area contributed by atoms with E-state index in [1.807, 2.05) is 27.7 Å². The van der Waals surface area contributed by atoms with E-state index in [2.05, 4.69) is 4.72 Å². The van der Waals surface area contributed by atoms with Crippen LogP contribution in [0.3, 0.4) is 0 Å². The number of nitrogens with one attached hydrogen (secondary N) is 1. The lowest BCUT2D eigenvalue weighted by molar-refractivity contribution is 0.594. The summed E-state index contributed by atoms with van der Waals surface area (Å²) in [6.07, 6.45) is 1.10. The van der Waals surface area contributed by atoms with Crippen molar-refractivity contribution >= 4 is 10.0 Å². The Morgan fingerprint density at radius 2 is 1.10 bits per heavy atom. The van der Waals surface area contributed by atoms with Gasteiger partial charge in [0.25, 0.3) is 0 Å². The van der Waals surface area contributed by atoms with Crippen molar-refractivity contribution < 1.29 is 8.42 Å². The summed E-state index contributed by atoms with van der Waals surface area (Å²) in [6, 6.07) is 0. The van der Waals surface area contributed by atoms with Crippen molar-refractivity contribution in [2.45, 2.75) is 27.7 Å². The van der Waals surface area contributed by atoms with Crippen LogP contribution in [0.15, 0.2) is 0 Å². The van der Waals surface area contributed by atoms with Crippen LogP contribution in [0, 0.1) is 0 Å². The SMILES string of the molecule is CC.CC.CNS(C)(=O)=O. The topological polar surface area (TPSA) is 46.2 Å². The Labute approximate surface area is 64.9 Å². The minimum atomic E-state index is -2.91. The van der Waals surface area contributed by atoms with Crippen LogP contribution in [-0.2, 0) is 10.0 Å². The van der Waals surface area contributed by atoms with Crippen molar-refractivity contribution in [3.8, 4) is 0 Å². The van der Waals surface area contributed by atoms with E-state index in [0.717, 1.165) is 6.26 Å². The molecule has 66 valence electrons. The second-order valence-corrected chi connectivity index (χ2v) is 2.93. The van der Waals surface area contributed by atoms with Gasteiger partial charge in [0.15, 0.2) is 0 Å². The third-order valence-corrected chi connectivity index (χ3v) is 1.11. The van der Waals surface area contributed by atoms with Crippen LogP contribution in [0.5, 0.6) is 0 Å². The Morgan fingerprint density at radius 3 is 1.10 bits per heavy atom. The summed E-state index contributed by atoms with van der Waals surface area (Å²) in [4.78, 5) is 0. The molecular weight excluding hydrogens is 150 g/mol. The first-order valence-electron chi connectivity index (χ1n) is 3.45. The Kier molecular flexibility index (Phi) is 19.2. The molecule has 0 amide bonds. The van der Waals surface area contributed by atoms with Crippen LogP contribution in [0.25, 0.3) is 0 Å². The summed E-state index contributed by atoms with van der Waals surface area (Å²) in [5, 5.41) is 0. The predicted molar refractivity (Wildman–Crippen MR) is 46.6 cm³/mol. The summed E-state index contributed by atoms with van der Waals surface area (Å²) in [5.41, 5.74) is 0. The molecule has 0 aromatic heterocycles. The van der Waals surface area contributed by atoms with E-state index < -0.39 is 10.0 Å². The van der Waals surface area contributed by atoms with Crippen molar-refractivity contribution in [2.24, 2.45) is 0 Å². The molecule has 0 aliphatic carbocycles. The van der Waals surface area contributed by atoms with Gasteiger partial charge >= 0.3 is 0 Å². The summed E-state index contributed by atoms with van der Waals surface area (Å²) in [7, 11) is -1.54. The molecule has 0 bridgehead atoms. The molecule has 3 nitrogen and oxygen atoms in total. The van der Waals surface area contributed by atoms with Crippen LogP contribution in [-0.4, -0.2) is 21.7 Å². The molecular formula is C6H19NO2S. The summed E-state index contributed by atoms with van der Waals surface area (Å²) in [6.45, 7) is 8.00. The molecule has 0 saturated heterocycles. The average molecular weight is 169 g/mol. The fourth-order valence-corrected chi connectivity index (χ4v) is 0. The highest BCUT2D eigenvalue weighted by Crippen LogP contribution is 1.62. The first-order valence-corrected chi connectivity index (χ1v) is 5.34. The maximum Gasteiger partial charge on any atom is 0.208 e. The fourth-order valence-electron chi connectivity index (χ4n) is 0. The molecule has 0 saturated carbocycles. The van der Waals surface area contributed by atoms with Gasteiger partial charge in [0.05, 0.1) is 6.26 Å². The van der Waals surface area contributed by atoms with Gasteiger partial charge in [0.1, 0.15) is 0 Å². The second kappa shape index (κ2) is 11.7. The second-order valence-electron chi connectivity index (χ2n) is 0.976. The molecule has 0 atom stereocenters. The number of sulfonamides is 1. The molecule has 0 aliphatic heterocycles. The third-order valence-electron chi connectivity index (χ3n) is 0.371. The van der Waals surface area contributed by atoms with Gasteiger partial charge in [0.2, 0.25) is 10.0 Å². The van der Waals surface area contributed by atoms with Crippen LogP contribution in [0.1, 0.15) is 27.7 Å². The highest BCUT2D eigenvalue weighted by molar-refractivity contribution is 7.88. The first kappa shape index (κ1) is 16.5. The Balaban J connectivity index is -0.000000105. The van der Waals surface area contributed by atoms with Crippen molar-refractivity contribution in [3.05, 3.63) is 0 Å². The van der Waals surface area contributed by atoms with E-state index in [1.54, 1.807) is 0 Å². The largest absolute Gasteiger partial charge is 0.219 e. The Morgan fingerprint density at radius 1 is 1.00 bits per heavy atom. The zero-order valence-corrected chi connectivity index (χ0v) is 8.54. The highest BCUT2D eigenvalue weighted by Gasteiger charge is 1.88. The minimum Gasteiger partial charge on any atom is -0.219 e. The van der Waals surface area contributed by atoms with E-state index in [4.69, 9.17) is 0 Å². The molecule has 0 aromatic rings. The fraction of sp³-hybridized carbons (Fsp3) is 1.00. The molecule has 0 fully saturated rings. The van der Waals surface area contributed by atoms with Gasteiger partial charge in [-0.2, -0.15) is 0 Å². The molecule has 0 heterocycles. The third kappa shape index (κ3) is 44.6. The Bertz CT molecular complexity index is 118. The number of hydrogen-bond acceptors (Lipinski definition) is 2. The van der Waals surface area contributed by atoms with Crippen LogP contribution < -0.4 is 4.72 Å². The van der Waals surface area contributed by atoms with Gasteiger partial charge in [-0.25, -0.2) is 13.1 Å². The van der Waals surface area contributed by atoms with Crippen molar-refractivity contribution in [2.75, 3.05) is 13.3 Å². The number of rotatable bonds is 1. The molecule has 0 unspecified atom stereocenters. The average Bonchev–Trinajstić information content (AvgIpc) is 1.95. The lowest BCUT2D eigenvalue weighted by Crippen LogP contribution is -2.15. The summed E-state index contributed by atoms with van der Waals surface area (Å²) < 4.78 is 21.9. The van der Waals surface area contributed by atoms with Gasteiger partial charge in [-0.3, -0.25) is 0 Å². The van der Waals surface area contributed by atoms with Gasteiger partial charge in [0, 0.05) is 0 Å². The molecule has 0 aliphatic rings.